The van der Waals surface area contributed by atoms with E-state index in [-0.39, 0.29) is 11.3 Å². The Hall–Kier alpha value is -3.43. The summed E-state index contributed by atoms with van der Waals surface area (Å²) in [4.78, 5) is 20.7. The molecule has 0 radical (unpaired) electrons. The van der Waals surface area contributed by atoms with Gasteiger partial charge in [-0.1, -0.05) is 57.2 Å². The van der Waals surface area contributed by atoms with E-state index in [1.165, 1.54) is 5.56 Å². The molecule has 1 N–H and O–H groups in total. The topological polar surface area (TPSA) is 74.0 Å². The van der Waals surface area contributed by atoms with E-state index in [1.807, 2.05) is 47.8 Å². The maximum atomic E-state index is 14.2. The third kappa shape index (κ3) is 5.31. The van der Waals surface area contributed by atoms with Crippen LogP contribution < -0.4 is 5.32 Å². The summed E-state index contributed by atoms with van der Waals surface area (Å²) in [5, 5.41) is 12.5. The lowest BCUT2D eigenvalue weighted by molar-refractivity contribution is -0.137. The van der Waals surface area contributed by atoms with Crippen LogP contribution >= 0.6 is 0 Å². The van der Waals surface area contributed by atoms with Crippen molar-refractivity contribution < 1.29 is 4.79 Å². The number of piperazine rings is 1. The first-order valence-corrected chi connectivity index (χ1v) is 12.3. The minimum atomic E-state index is -0.732. The smallest absolute Gasteiger partial charge is 0.233 e. The Balaban J connectivity index is 1.73. The summed E-state index contributed by atoms with van der Waals surface area (Å²) in [6.45, 7) is 12.4. The number of benzene rings is 2. The van der Waals surface area contributed by atoms with Crippen molar-refractivity contribution in [2.75, 3.05) is 26.2 Å². The van der Waals surface area contributed by atoms with Crippen LogP contribution in [0.4, 0.5) is 0 Å². The van der Waals surface area contributed by atoms with Gasteiger partial charge in [-0.25, -0.2) is 4.98 Å². The first kappa shape index (κ1) is 24.7. The zero-order chi connectivity index (χ0) is 25.1. The Morgan fingerprint density at radius 2 is 1.69 bits per heavy atom. The molecule has 0 aliphatic carbocycles. The molecule has 1 saturated heterocycles. The van der Waals surface area contributed by atoms with E-state index in [0.717, 1.165) is 43.0 Å². The number of carbonyl (C=O) groups excluding carboxylic acids is 1. The molecule has 4 rings (SSSR count). The van der Waals surface area contributed by atoms with Crippen LogP contribution in [0.15, 0.2) is 61.1 Å². The van der Waals surface area contributed by atoms with Crippen molar-refractivity contribution in [1.82, 2.24) is 19.8 Å². The van der Waals surface area contributed by atoms with E-state index >= 15 is 0 Å². The van der Waals surface area contributed by atoms with Gasteiger partial charge in [-0.15, -0.1) is 0 Å². The van der Waals surface area contributed by atoms with Gasteiger partial charge in [0.15, 0.2) is 0 Å². The number of aromatic nitrogens is 2. The second-order valence-corrected chi connectivity index (χ2v) is 10.7. The van der Waals surface area contributed by atoms with Crippen molar-refractivity contribution in [1.29, 1.82) is 5.26 Å². The number of nitriles is 1. The van der Waals surface area contributed by atoms with Gasteiger partial charge < -0.3 is 14.8 Å². The third-order valence-electron chi connectivity index (χ3n) is 6.97. The summed E-state index contributed by atoms with van der Waals surface area (Å²) in [7, 11) is 0. The first-order chi connectivity index (χ1) is 16.7. The van der Waals surface area contributed by atoms with Gasteiger partial charge in [-0.3, -0.25) is 4.79 Å². The highest BCUT2D eigenvalue weighted by molar-refractivity contribution is 5.89. The molecule has 1 aromatic heterocycles. The molecule has 1 amide bonds. The lowest BCUT2D eigenvalue weighted by Gasteiger charge is -2.39. The van der Waals surface area contributed by atoms with Gasteiger partial charge in [0.25, 0.3) is 0 Å². The van der Waals surface area contributed by atoms with Crippen molar-refractivity contribution in [2.45, 2.75) is 51.5 Å². The van der Waals surface area contributed by atoms with Gasteiger partial charge in [-0.2, -0.15) is 5.26 Å². The standard InChI is InChI=1S/C29H35N5O/c1-28(2,3)25-7-5-6-8-26(25)29(4,27(35)33-15-13-31-14-16-33)17-24-19-32-21-34(24)20-23-11-9-22(18-30)10-12-23/h5-12,19,21,31H,13-17,20H2,1-4H3. The fourth-order valence-electron chi connectivity index (χ4n) is 5.00. The molecule has 6 heteroatoms. The van der Waals surface area contributed by atoms with Crippen LogP contribution in [0.25, 0.3) is 0 Å². The van der Waals surface area contributed by atoms with Gasteiger partial charge in [0.1, 0.15) is 0 Å². The molecule has 0 bridgehead atoms. The Kier molecular flexibility index (Phi) is 7.09. The molecule has 1 unspecified atom stereocenters. The first-order valence-electron chi connectivity index (χ1n) is 12.3. The largest absolute Gasteiger partial charge is 0.339 e. The van der Waals surface area contributed by atoms with E-state index in [0.29, 0.717) is 18.5 Å². The van der Waals surface area contributed by atoms with Crippen LogP contribution in [0.3, 0.4) is 0 Å². The SMILES string of the molecule is CC(C)(C)c1ccccc1C(C)(Cc1cncn1Cc1ccc(C#N)cc1)C(=O)N1CCNCC1. The molecule has 3 aromatic rings. The van der Waals surface area contributed by atoms with Crippen LogP contribution in [0.2, 0.25) is 0 Å². The monoisotopic (exact) mass is 469 g/mol. The van der Waals surface area contributed by atoms with E-state index < -0.39 is 5.41 Å². The van der Waals surface area contributed by atoms with Crippen molar-refractivity contribution in [3.63, 3.8) is 0 Å². The average molecular weight is 470 g/mol. The number of hydrogen-bond acceptors (Lipinski definition) is 4. The predicted octanol–water partition coefficient (Wildman–Crippen LogP) is 4.03. The van der Waals surface area contributed by atoms with Crippen LogP contribution in [0.1, 0.15) is 55.6 Å². The van der Waals surface area contributed by atoms with E-state index in [2.05, 4.69) is 66.8 Å². The summed E-state index contributed by atoms with van der Waals surface area (Å²) >= 11 is 0. The van der Waals surface area contributed by atoms with E-state index in [1.54, 1.807) is 0 Å². The maximum Gasteiger partial charge on any atom is 0.233 e. The summed E-state index contributed by atoms with van der Waals surface area (Å²) in [6, 6.07) is 18.2. The zero-order valence-electron chi connectivity index (χ0n) is 21.2. The summed E-state index contributed by atoms with van der Waals surface area (Å²) in [5.74, 6) is 0.168. The lowest BCUT2D eigenvalue weighted by Crippen LogP contribution is -2.54. The van der Waals surface area contributed by atoms with E-state index in [4.69, 9.17) is 5.26 Å². The maximum absolute atomic E-state index is 14.2. The van der Waals surface area contributed by atoms with Crippen molar-refractivity contribution >= 4 is 5.91 Å². The van der Waals surface area contributed by atoms with Crippen LogP contribution in [0.5, 0.6) is 0 Å². The number of amides is 1. The Morgan fingerprint density at radius 3 is 2.31 bits per heavy atom. The van der Waals surface area contributed by atoms with Crippen molar-refractivity contribution in [2.24, 2.45) is 0 Å². The van der Waals surface area contributed by atoms with Crippen molar-refractivity contribution in [3.8, 4) is 6.07 Å². The number of nitrogens with one attached hydrogen (secondary N) is 1. The normalized spacial score (nSPS) is 15.9. The quantitative estimate of drug-likeness (QED) is 0.592. The van der Waals surface area contributed by atoms with E-state index in [9.17, 15) is 4.79 Å². The molecule has 2 heterocycles. The molecule has 1 aliphatic heterocycles. The molecule has 1 fully saturated rings. The number of carbonyl (C=O) groups is 1. The minimum absolute atomic E-state index is 0.0929. The molecule has 1 aliphatic rings. The third-order valence-corrected chi connectivity index (χ3v) is 6.97. The Morgan fingerprint density at radius 1 is 1.03 bits per heavy atom. The molecule has 182 valence electrons. The van der Waals surface area contributed by atoms with Gasteiger partial charge >= 0.3 is 0 Å². The predicted molar refractivity (Wildman–Crippen MR) is 138 cm³/mol. The number of imidazole rings is 1. The number of hydrogen-bond donors (Lipinski definition) is 1. The molecular weight excluding hydrogens is 434 g/mol. The number of rotatable bonds is 6. The van der Waals surface area contributed by atoms with Crippen molar-refractivity contribution in [3.05, 3.63) is 89.0 Å². The molecule has 6 nitrogen and oxygen atoms in total. The average Bonchev–Trinajstić information content (AvgIpc) is 3.30. The minimum Gasteiger partial charge on any atom is -0.339 e. The fraction of sp³-hybridized carbons (Fsp3) is 0.414. The second-order valence-electron chi connectivity index (χ2n) is 10.7. The molecule has 1 atom stereocenters. The molecule has 0 saturated carbocycles. The van der Waals surface area contributed by atoms with Gasteiger partial charge in [0, 0.05) is 51.0 Å². The Labute approximate surface area is 208 Å². The molecule has 35 heavy (non-hydrogen) atoms. The van der Waals surface area contributed by atoms with Crippen LogP contribution in [0, 0.1) is 11.3 Å². The molecule has 0 spiro atoms. The Bertz CT molecular complexity index is 1210. The van der Waals surface area contributed by atoms with Gasteiger partial charge in [0.05, 0.1) is 23.4 Å². The summed E-state index contributed by atoms with van der Waals surface area (Å²) < 4.78 is 2.12. The lowest BCUT2D eigenvalue weighted by atomic mass is 9.70. The molecule has 2 aromatic carbocycles. The highest BCUT2D eigenvalue weighted by Crippen LogP contribution is 2.38. The van der Waals surface area contributed by atoms with Crippen LogP contribution in [-0.4, -0.2) is 46.5 Å². The summed E-state index contributed by atoms with van der Waals surface area (Å²) in [6.07, 6.45) is 4.27. The summed E-state index contributed by atoms with van der Waals surface area (Å²) in [5.41, 5.74) is 4.21. The molecular formula is C29H35N5O. The van der Waals surface area contributed by atoms with Gasteiger partial charge in [0.2, 0.25) is 5.91 Å². The number of nitrogens with zero attached hydrogens (tertiary/aromatic N) is 4. The zero-order valence-corrected chi connectivity index (χ0v) is 21.2. The van der Waals surface area contributed by atoms with Gasteiger partial charge in [-0.05, 0) is 41.2 Å². The highest BCUT2D eigenvalue weighted by Gasteiger charge is 2.42. The highest BCUT2D eigenvalue weighted by atomic mass is 16.2. The van der Waals surface area contributed by atoms with Crippen LogP contribution in [-0.2, 0) is 28.6 Å². The second kappa shape index (κ2) is 10.1. The fourth-order valence-corrected chi connectivity index (χ4v) is 5.00.